The molecular formula is C10H16N2O. The fourth-order valence-electron chi connectivity index (χ4n) is 1.80. The van der Waals surface area contributed by atoms with E-state index >= 15 is 0 Å². The van der Waals surface area contributed by atoms with Gasteiger partial charge in [0, 0.05) is 32.2 Å². The van der Waals surface area contributed by atoms with Crippen LogP contribution in [0.15, 0.2) is 12.4 Å². The Hall–Kier alpha value is -0.830. The summed E-state index contributed by atoms with van der Waals surface area (Å²) in [4.78, 5) is 4.21. The third-order valence-electron chi connectivity index (χ3n) is 2.72. The van der Waals surface area contributed by atoms with E-state index in [1.165, 1.54) is 12.8 Å². The lowest BCUT2D eigenvalue weighted by molar-refractivity contribution is 0.0611. The molecule has 1 aromatic rings. The quantitative estimate of drug-likeness (QED) is 0.691. The number of hydrogen-bond acceptors (Lipinski definition) is 2. The van der Waals surface area contributed by atoms with Gasteiger partial charge in [-0.1, -0.05) is 0 Å². The molecule has 72 valence electrons. The van der Waals surface area contributed by atoms with E-state index < -0.39 is 0 Å². The summed E-state index contributed by atoms with van der Waals surface area (Å²) in [7, 11) is 0. The van der Waals surface area contributed by atoms with Crippen LogP contribution < -0.4 is 0 Å². The predicted octanol–water partition coefficient (Wildman–Crippen LogP) is 1.62. The molecule has 2 rings (SSSR count). The van der Waals surface area contributed by atoms with Gasteiger partial charge in [0.05, 0.1) is 0 Å². The van der Waals surface area contributed by atoms with Crippen LogP contribution in [-0.2, 0) is 11.3 Å². The van der Waals surface area contributed by atoms with Gasteiger partial charge in [-0.15, -0.1) is 0 Å². The van der Waals surface area contributed by atoms with E-state index in [2.05, 4.69) is 22.7 Å². The van der Waals surface area contributed by atoms with Crippen LogP contribution in [-0.4, -0.2) is 22.8 Å². The van der Waals surface area contributed by atoms with Gasteiger partial charge in [-0.05, 0) is 25.7 Å². The van der Waals surface area contributed by atoms with E-state index in [1.807, 2.05) is 6.20 Å². The number of rotatable bonds is 2. The molecule has 0 saturated carbocycles. The first-order chi connectivity index (χ1) is 6.36. The third-order valence-corrected chi connectivity index (χ3v) is 2.72. The number of nitrogens with zero attached hydrogens (tertiary/aromatic N) is 2. The minimum Gasteiger partial charge on any atom is -0.381 e. The second kappa shape index (κ2) is 3.92. The average molecular weight is 180 g/mol. The molecule has 0 radical (unpaired) electrons. The van der Waals surface area contributed by atoms with Crippen molar-refractivity contribution in [1.29, 1.82) is 0 Å². The minimum absolute atomic E-state index is 0.779. The van der Waals surface area contributed by atoms with Crippen molar-refractivity contribution >= 4 is 0 Å². The number of aryl methyl sites for hydroxylation is 1. The number of imidazole rings is 1. The first-order valence-corrected chi connectivity index (χ1v) is 4.92. The van der Waals surface area contributed by atoms with E-state index in [1.54, 1.807) is 0 Å². The maximum Gasteiger partial charge on any atom is 0.105 e. The van der Waals surface area contributed by atoms with Crippen LogP contribution in [0.5, 0.6) is 0 Å². The molecule has 1 aliphatic rings. The van der Waals surface area contributed by atoms with Crippen molar-refractivity contribution in [2.45, 2.75) is 26.3 Å². The lowest BCUT2D eigenvalue weighted by atomic mass is 10.0. The standard InChI is InChI=1S/C10H16N2O/c1-9-11-4-5-12(9)8-10-2-6-13-7-3-10/h4-5,10H,2-3,6-8H2,1H3. The highest BCUT2D eigenvalue weighted by Crippen LogP contribution is 2.17. The highest BCUT2D eigenvalue weighted by atomic mass is 16.5. The summed E-state index contributed by atoms with van der Waals surface area (Å²) in [5, 5.41) is 0. The van der Waals surface area contributed by atoms with Crippen molar-refractivity contribution < 1.29 is 4.74 Å². The highest BCUT2D eigenvalue weighted by Gasteiger charge is 2.14. The van der Waals surface area contributed by atoms with Gasteiger partial charge in [-0.2, -0.15) is 0 Å². The topological polar surface area (TPSA) is 27.1 Å². The molecular weight excluding hydrogens is 164 g/mol. The molecule has 2 heterocycles. The summed E-state index contributed by atoms with van der Waals surface area (Å²) in [6, 6.07) is 0. The second-order valence-corrected chi connectivity index (χ2v) is 3.68. The van der Waals surface area contributed by atoms with E-state index in [0.717, 1.165) is 31.5 Å². The van der Waals surface area contributed by atoms with Gasteiger partial charge in [0.15, 0.2) is 0 Å². The summed E-state index contributed by atoms with van der Waals surface area (Å²) >= 11 is 0. The maximum absolute atomic E-state index is 5.32. The highest BCUT2D eigenvalue weighted by molar-refractivity contribution is 4.89. The van der Waals surface area contributed by atoms with Crippen LogP contribution in [0.2, 0.25) is 0 Å². The van der Waals surface area contributed by atoms with E-state index in [4.69, 9.17) is 4.74 Å². The number of ether oxygens (including phenoxy) is 1. The largest absolute Gasteiger partial charge is 0.381 e. The summed E-state index contributed by atoms with van der Waals surface area (Å²) in [6.07, 6.45) is 6.31. The van der Waals surface area contributed by atoms with Gasteiger partial charge in [-0.25, -0.2) is 4.98 Å². The zero-order chi connectivity index (χ0) is 9.10. The molecule has 1 fully saturated rings. The van der Waals surface area contributed by atoms with Crippen LogP contribution in [0.3, 0.4) is 0 Å². The summed E-state index contributed by atoms with van der Waals surface area (Å²) in [5.74, 6) is 1.90. The molecule has 1 saturated heterocycles. The van der Waals surface area contributed by atoms with E-state index in [-0.39, 0.29) is 0 Å². The number of aromatic nitrogens is 2. The SMILES string of the molecule is Cc1nccn1CC1CCOCC1. The first kappa shape index (κ1) is 8.75. The summed E-state index contributed by atoms with van der Waals surface area (Å²) in [6.45, 7) is 5.02. The molecule has 0 aliphatic carbocycles. The van der Waals surface area contributed by atoms with Crippen LogP contribution >= 0.6 is 0 Å². The fourth-order valence-corrected chi connectivity index (χ4v) is 1.80. The van der Waals surface area contributed by atoms with Crippen molar-refractivity contribution in [3.63, 3.8) is 0 Å². The van der Waals surface area contributed by atoms with Gasteiger partial charge < -0.3 is 9.30 Å². The van der Waals surface area contributed by atoms with Crippen molar-refractivity contribution in [2.75, 3.05) is 13.2 Å². The summed E-state index contributed by atoms with van der Waals surface area (Å²) < 4.78 is 7.56. The lowest BCUT2D eigenvalue weighted by Crippen LogP contribution is -2.20. The van der Waals surface area contributed by atoms with E-state index in [9.17, 15) is 0 Å². The van der Waals surface area contributed by atoms with Gasteiger partial charge in [0.2, 0.25) is 0 Å². The Kier molecular flexibility index (Phi) is 2.64. The fraction of sp³-hybridized carbons (Fsp3) is 0.700. The van der Waals surface area contributed by atoms with Crippen LogP contribution in [0.1, 0.15) is 18.7 Å². The van der Waals surface area contributed by atoms with Crippen molar-refractivity contribution in [3.8, 4) is 0 Å². The maximum atomic E-state index is 5.32. The monoisotopic (exact) mass is 180 g/mol. The Labute approximate surface area is 78.7 Å². The van der Waals surface area contributed by atoms with Crippen LogP contribution in [0, 0.1) is 12.8 Å². The molecule has 0 aromatic carbocycles. The molecule has 13 heavy (non-hydrogen) atoms. The van der Waals surface area contributed by atoms with Crippen molar-refractivity contribution in [1.82, 2.24) is 9.55 Å². The molecule has 0 atom stereocenters. The molecule has 1 aromatic heterocycles. The van der Waals surface area contributed by atoms with Gasteiger partial charge in [-0.3, -0.25) is 0 Å². The Morgan fingerprint density at radius 2 is 2.31 bits per heavy atom. The molecule has 0 bridgehead atoms. The third kappa shape index (κ3) is 2.10. The predicted molar refractivity (Wildman–Crippen MR) is 50.5 cm³/mol. The Bertz CT molecular complexity index is 264. The number of hydrogen-bond donors (Lipinski definition) is 0. The van der Waals surface area contributed by atoms with Crippen molar-refractivity contribution in [3.05, 3.63) is 18.2 Å². The first-order valence-electron chi connectivity index (χ1n) is 4.92. The lowest BCUT2D eigenvalue weighted by Gasteiger charge is -2.22. The van der Waals surface area contributed by atoms with Gasteiger partial charge in [0.1, 0.15) is 5.82 Å². The molecule has 1 aliphatic heterocycles. The molecule has 3 nitrogen and oxygen atoms in total. The van der Waals surface area contributed by atoms with Crippen LogP contribution in [0.25, 0.3) is 0 Å². The van der Waals surface area contributed by atoms with Gasteiger partial charge >= 0.3 is 0 Å². The normalized spacial score (nSPS) is 19.2. The van der Waals surface area contributed by atoms with Gasteiger partial charge in [0.25, 0.3) is 0 Å². The van der Waals surface area contributed by atoms with E-state index in [0.29, 0.717) is 0 Å². The minimum atomic E-state index is 0.779. The average Bonchev–Trinajstić information content (AvgIpc) is 2.54. The molecule has 0 amide bonds. The van der Waals surface area contributed by atoms with Crippen molar-refractivity contribution in [2.24, 2.45) is 5.92 Å². The molecule has 0 spiro atoms. The second-order valence-electron chi connectivity index (χ2n) is 3.68. The molecule has 0 N–H and O–H groups in total. The molecule has 0 unspecified atom stereocenters. The van der Waals surface area contributed by atoms with Crippen LogP contribution in [0.4, 0.5) is 0 Å². The molecule has 3 heteroatoms. The summed E-state index contributed by atoms with van der Waals surface area (Å²) in [5.41, 5.74) is 0. The smallest absolute Gasteiger partial charge is 0.105 e. The Morgan fingerprint density at radius 3 is 2.92 bits per heavy atom. The zero-order valence-corrected chi connectivity index (χ0v) is 8.07. The Morgan fingerprint density at radius 1 is 1.54 bits per heavy atom. The zero-order valence-electron chi connectivity index (χ0n) is 8.07. The Balaban J connectivity index is 1.93.